The number of allylic oxidation sites excluding steroid dienone is 2. The van der Waals surface area contributed by atoms with Crippen molar-refractivity contribution in [1.82, 2.24) is 27.9 Å². The van der Waals surface area contributed by atoms with Crippen LogP contribution in [-0.2, 0) is 10.5 Å². The third-order valence-corrected chi connectivity index (χ3v) is 7.64. The highest BCUT2D eigenvalue weighted by atomic mass is 19.2. The zero-order valence-electron chi connectivity index (χ0n) is 20.3. The summed E-state index contributed by atoms with van der Waals surface area (Å²) in [5.74, 6) is -12.6. The van der Waals surface area contributed by atoms with E-state index in [0.29, 0.717) is 9.36 Å². The lowest BCUT2D eigenvalue weighted by Gasteiger charge is -2.46. The predicted octanol–water partition coefficient (Wildman–Crippen LogP) is 1.45. The first-order valence-corrected chi connectivity index (χ1v) is 11.8. The molecule has 5 heterocycles. The minimum Gasteiger partial charge on any atom is -0.469 e. The molecule has 3 aliphatic rings. The average Bonchev–Trinajstić information content (AvgIpc) is 3.45. The van der Waals surface area contributed by atoms with Gasteiger partial charge in [0.1, 0.15) is 11.7 Å². The molecule has 2 aromatic heterocycles. The van der Waals surface area contributed by atoms with E-state index in [0.717, 1.165) is 13.9 Å². The standard InChI is InChI=1S/C24H15F5N6O5/c1-9-8-11-18-24(2,40-9)35-23(39)31(17-15(28)13(26)12(25)14(27)16(17)29)22(38)34(35)19(11)33-21(37)30(20(36)32(18)33)10-6-4-3-5-7-10/h3-8,11,18-19H,1-2H3. The molecular formula is C24H15F5N6O5. The second-order valence-electron chi connectivity index (χ2n) is 9.77. The number of fused-ring (bicyclic) bond motifs is 5. The zero-order chi connectivity index (χ0) is 28.6. The molecule has 2 aromatic carbocycles. The van der Waals surface area contributed by atoms with Crippen molar-refractivity contribution >= 4 is 0 Å². The van der Waals surface area contributed by atoms with Crippen LogP contribution in [0, 0.1) is 35.0 Å². The summed E-state index contributed by atoms with van der Waals surface area (Å²) in [4.78, 5) is 54.7. The second kappa shape index (κ2) is 7.40. The summed E-state index contributed by atoms with van der Waals surface area (Å²) in [6.07, 6.45) is 0.0868. The number of nitrogens with zero attached hydrogens (tertiary/aromatic N) is 6. The van der Waals surface area contributed by atoms with E-state index in [-0.39, 0.29) is 16.0 Å². The number of halogens is 5. The third kappa shape index (κ3) is 2.53. The van der Waals surface area contributed by atoms with Crippen LogP contribution in [0.5, 0.6) is 0 Å². The van der Waals surface area contributed by atoms with Gasteiger partial charge in [0, 0.05) is 0 Å². The van der Waals surface area contributed by atoms with Crippen LogP contribution >= 0.6 is 0 Å². The van der Waals surface area contributed by atoms with E-state index in [1.165, 1.54) is 32.1 Å². The summed E-state index contributed by atoms with van der Waals surface area (Å²) in [7, 11) is 0. The van der Waals surface area contributed by atoms with Crippen LogP contribution in [0.25, 0.3) is 11.4 Å². The SMILES string of the molecule is CC1=CC2C3n4c(=O)n(-c5ccccc5)c(=O)n4C2C(C)(O1)n1c(=O)n(-c2c(F)c(F)c(F)c(F)c2F)c(=O)n13. The Kier molecular flexibility index (Phi) is 4.47. The molecular weight excluding hydrogens is 547 g/mol. The van der Waals surface area contributed by atoms with E-state index < -0.39 is 81.4 Å². The molecule has 7 rings (SSSR count). The van der Waals surface area contributed by atoms with Gasteiger partial charge in [-0.05, 0) is 32.1 Å². The highest BCUT2D eigenvalue weighted by molar-refractivity contribution is 5.38. The summed E-state index contributed by atoms with van der Waals surface area (Å²) < 4.78 is 81.3. The van der Waals surface area contributed by atoms with E-state index in [2.05, 4.69) is 0 Å². The van der Waals surface area contributed by atoms with Crippen molar-refractivity contribution in [2.24, 2.45) is 5.92 Å². The normalized spacial score (nSPS) is 24.0. The lowest BCUT2D eigenvalue weighted by molar-refractivity contribution is -0.153. The fourth-order valence-corrected chi connectivity index (χ4v) is 6.21. The number of hydrogen-bond donors (Lipinski definition) is 0. The fourth-order valence-electron chi connectivity index (χ4n) is 6.21. The highest BCUT2D eigenvalue weighted by Gasteiger charge is 2.63. The maximum Gasteiger partial charge on any atom is 0.355 e. The summed E-state index contributed by atoms with van der Waals surface area (Å²) in [6, 6.07) is 6.72. The first-order valence-electron chi connectivity index (χ1n) is 11.8. The smallest absolute Gasteiger partial charge is 0.355 e. The Balaban J connectivity index is 1.61. The summed E-state index contributed by atoms with van der Waals surface area (Å²) >= 11 is 0. The molecule has 4 aromatic rings. The van der Waals surface area contributed by atoms with Crippen LogP contribution in [0.3, 0.4) is 0 Å². The van der Waals surface area contributed by atoms with Crippen molar-refractivity contribution in [3.63, 3.8) is 0 Å². The third-order valence-electron chi connectivity index (χ3n) is 7.64. The van der Waals surface area contributed by atoms with Gasteiger partial charge in [-0.1, -0.05) is 18.2 Å². The van der Waals surface area contributed by atoms with E-state index in [1.54, 1.807) is 18.2 Å². The molecule has 0 amide bonds. The van der Waals surface area contributed by atoms with Crippen LogP contribution < -0.4 is 22.8 Å². The first kappa shape index (κ1) is 24.2. The number of aromatic nitrogens is 6. The first-order chi connectivity index (χ1) is 18.9. The van der Waals surface area contributed by atoms with Gasteiger partial charge in [0.05, 0.1) is 17.4 Å². The lowest BCUT2D eigenvalue weighted by atomic mass is 9.86. The average molecular weight is 562 g/mol. The minimum atomic E-state index is -2.47. The maximum absolute atomic E-state index is 14.8. The van der Waals surface area contributed by atoms with Crippen molar-refractivity contribution in [2.45, 2.75) is 31.8 Å². The van der Waals surface area contributed by atoms with Gasteiger partial charge in [0.25, 0.3) is 0 Å². The van der Waals surface area contributed by atoms with Gasteiger partial charge < -0.3 is 4.74 Å². The Bertz CT molecular complexity index is 2050. The number of ether oxygens (including phenoxy) is 1. The Labute approximate surface area is 217 Å². The molecule has 4 bridgehead atoms. The predicted molar refractivity (Wildman–Crippen MR) is 124 cm³/mol. The molecule has 3 aliphatic heterocycles. The molecule has 0 N–H and O–H groups in total. The Morgan fingerprint density at radius 3 is 1.90 bits per heavy atom. The van der Waals surface area contributed by atoms with Crippen LogP contribution in [0.1, 0.15) is 26.1 Å². The monoisotopic (exact) mass is 562 g/mol. The van der Waals surface area contributed by atoms with Crippen molar-refractivity contribution in [2.75, 3.05) is 0 Å². The summed E-state index contributed by atoms with van der Waals surface area (Å²) in [5, 5.41) is 0. The molecule has 16 heteroatoms. The van der Waals surface area contributed by atoms with Gasteiger partial charge in [-0.25, -0.2) is 64.3 Å². The van der Waals surface area contributed by atoms with Gasteiger partial charge in [0.2, 0.25) is 11.5 Å². The quantitative estimate of drug-likeness (QED) is 0.209. The van der Waals surface area contributed by atoms with E-state index in [9.17, 15) is 41.1 Å². The van der Waals surface area contributed by atoms with Gasteiger partial charge >= 0.3 is 22.8 Å². The number of hydrogen-bond acceptors (Lipinski definition) is 5. The molecule has 0 aliphatic carbocycles. The topological polar surface area (TPSA) is 107 Å². The van der Waals surface area contributed by atoms with Crippen molar-refractivity contribution in [3.05, 3.63) is 113 Å². The molecule has 4 unspecified atom stereocenters. The van der Waals surface area contributed by atoms with Crippen molar-refractivity contribution in [1.29, 1.82) is 0 Å². The number of para-hydroxylation sites is 1. The lowest BCUT2D eigenvalue weighted by Crippen LogP contribution is -2.58. The summed E-state index contributed by atoms with van der Waals surface area (Å²) in [6.45, 7) is 2.83. The molecule has 0 fully saturated rings. The molecule has 4 atom stereocenters. The Hall–Kier alpha value is -4.89. The summed E-state index contributed by atoms with van der Waals surface area (Å²) in [5.41, 5.74) is -8.28. The van der Waals surface area contributed by atoms with E-state index in [1.807, 2.05) is 0 Å². The molecule has 0 radical (unpaired) electrons. The van der Waals surface area contributed by atoms with E-state index >= 15 is 0 Å². The molecule has 0 spiro atoms. The number of rotatable bonds is 2. The van der Waals surface area contributed by atoms with Crippen LogP contribution in [0.4, 0.5) is 22.0 Å². The zero-order valence-corrected chi connectivity index (χ0v) is 20.3. The second-order valence-corrected chi connectivity index (χ2v) is 9.77. The number of benzene rings is 2. The van der Waals surface area contributed by atoms with Gasteiger partial charge in [-0.2, -0.15) is 4.68 Å². The fraction of sp³-hybridized carbons (Fsp3) is 0.250. The minimum absolute atomic E-state index is 0.196. The van der Waals surface area contributed by atoms with Crippen molar-refractivity contribution in [3.8, 4) is 11.4 Å². The molecule has 40 heavy (non-hydrogen) atoms. The molecule has 206 valence electrons. The van der Waals surface area contributed by atoms with Gasteiger partial charge in [0.15, 0.2) is 29.4 Å². The van der Waals surface area contributed by atoms with Crippen LogP contribution in [0.2, 0.25) is 0 Å². The largest absolute Gasteiger partial charge is 0.469 e. The van der Waals surface area contributed by atoms with E-state index in [4.69, 9.17) is 4.74 Å². The maximum atomic E-state index is 14.8. The van der Waals surface area contributed by atoms with Gasteiger partial charge in [-0.15, -0.1) is 0 Å². The molecule has 11 nitrogen and oxygen atoms in total. The Morgan fingerprint density at radius 1 is 0.725 bits per heavy atom. The molecule has 0 saturated carbocycles. The van der Waals surface area contributed by atoms with Crippen molar-refractivity contribution < 1.29 is 26.7 Å². The highest BCUT2D eigenvalue weighted by Crippen LogP contribution is 2.53. The van der Waals surface area contributed by atoms with Crippen LogP contribution in [-0.4, -0.2) is 27.9 Å². The van der Waals surface area contributed by atoms with Crippen LogP contribution in [0.15, 0.2) is 61.3 Å². The van der Waals surface area contributed by atoms with Gasteiger partial charge in [-0.3, -0.25) is 0 Å². The Morgan fingerprint density at radius 2 is 1.27 bits per heavy atom. The molecule has 0 saturated heterocycles.